The van der Waals surface area contributed by atoms with Gasteiger partial charge < -0.3 is 19.5 Å². The van der Waals surface area contributed by atoms with E-state index < -0.39 is 12.0 Å². The summed E-state index contributed by atoms with van der Waals surface area (Å²) in [6.07, 6.45) is 0.725. The smallest absolute Gasteiger partial charge is 0.328 e. The van der Waals surface area contributed by atoms with E-state index in [1.54, 1.807) is 0 Å². The van der Waals surface area contributed by atoms with E-state index >= 15 is 0 Å². The number of carbonyl (C=O) groups is 2. The lowest BCUT2D eigenvalue weighted by atomic mass is 9.95. The lowest BCUT2D eigenvalue weighted by Crippen LogP contribution is -2.42. The van der Waals surface area contributed by atoms with Crippen LogP contribution in [0.2, 0.25) is 0 Å². The molecule has 3 rings (SSSR count). The largest absolute Gasteiger partial charge is 0.489 e. The van der Waals surface area contributed by atoms with Crippen molar-refractivity contribution in [1.29, 1.82) is 0 Å². The third-order valence-corrected chi connectivity index (χ3v) is 6.02. The van der Waals surface area contributed by atoms with Crippen LogP contribution in [0.4, 0.5) is 0 Å². The normalized spacial score (nSPS) is 12.5. The van der Waals surface area contributed by atoms with E-state index in [-0.39, 0.29) is 24.2 Å². The van der Waals surface area contributed by atoms with Gasteiger partial charge in [0.1, 0.15) is 30.8 Å². The van der Waals surface area contributed by atoms with Crippen LogP contribution in [0.1, 0.15) is 56.2 Å². The molecule has 1 N–H and O–H groups in total. The fourth-order valence-corrected chi connectivity index (χ4v) is 4.08. The van der Waals surface area contributed by atoms with Gasteiger partial charge in [-0.15, -0.1) is 0 Å². The molecular formula is C31H37NO5. The van der Waals surface area contributed by atoms with E-state index in [0.717, 1.165) is 16.7 Å². The van der Waals surface area contributed by atoms with Gasteiger partial charge in [-0.1, -0.05) is 87.5 Å². The number of nitrogens with one attached hydrogen (secondary N) is 1. The van der Waals surface area contributed by atoms with Gasteiger partial charge in [0, 0.05) is 12.5 Å². The third kappa shape index (κ3) is 8.98. The Kier molecular flexibility index (Phi) is 10.6. The zero-order chi connectivity index (χ0) is 26.6. The molecule has 0 radical (unpaired) electrons. The van der Waals surface area contributed by atoms with Gasteiger partial charge >= 0.3 is 5.97 Å². The highest BCUT2D eigenvalue weighted by Gasteiger charge is 2.24. The first-order valence-corrected chi connectivity index (χ1v) is 12.7. The molecule has 0 bridgehead atoms. The van der Waals surface area contributed by atoms with Crippen LogP contribution < -0.4 is 14.8 Å². The maximum absolute atomic E-state index is 12.9. The number of ether oxygens (including phenoxy) is 3. The topological polar surface area (TPSA) is 73.9 Å². The second-order valence-electron chi connectivity index (χ2n) is 9.63. The van der Waals surface area contributed by atoms with E-state index in [4.69, 9.17) is 14.2 Å². The summed E-state index contributed by atoms with van der Waals surface area (Å²) in [5.41, 5.74) is 3.02. The van der Waals surface area contributed by atoms with E-state index in [0.29, 0.717) is 31.1 Å². The summed E-state index contributed by atoms with van der Waals surface area (Å²) in [6.45, 7) is 6.82. The molecule has 6 nitrogen and oxygen atoms in total. The molecule has 37 heavy (non-hydrogen) atoms. The average Bonchev–Trinajstić information content (AvgIpc) is 2.90. The van der Waals surface area contributed by atoms with Crippen molar-refractivity contribution in [3.63, 3.8) is 0 Å². The summed E-state index contributed by atoms with van der Waals surface area (Å²) in [7, 11) is 1.34. The van der Waals surface area contributed by atoms with E-state index in [9.17, 15) is 9.59 Å². The molecule has 0 aromatic heterocycles. The SMILES string of the molecule is COC(=O)C(CC(C)C)NC(=O)CC(C)c1ccc(OCc2ccccc2)cc1OCc1ccccc1. The van der Waals surface area contributed by atoms with Crippen molar-refractivity contribution < 1.29 is 23.8 Å². The number of esters is 1. The molecule has 0 fully saturated rings. The van der Waals surface area contributed by atoms with Crippen molar-refractivity contribution in [2.45, 2.75) is 58.8 Å². The van der Waals surface area contributed by atoms with Gasteiger partial charge in [-0.3, -0.25) is 4.79 Å². The summed E-state index contributed by atoms with van der Waals surface area (Å²) in [4.78, 5) is 25.0. The standard InChI is InChI=1S/C31H37NO5/c1-22(2)17-28(31(34)35-4)32-30(33)18-23(3)27-16-15-26(36-20-24-11-7-5-8-12-24)19-29(27)37-21-25-13-9-6-10-14-25/h5-16,19,22-23,28H,17-18,20-21H2,1-4H3,(H,32,33). The van der Waals surface area contributed by atoms with Crippen molar-refractivity contribution in [2.75, 3.05) is 7.11 Å². The Morgan fingerprint density at radius 2 is 1.41 bits per heavy atom. The Morgan fingerprint density at radius 1 is 0.811 bits per heavy atom. The molecule has 0 heterocycles. The van der Waals surface area contributed by atoms with Crippen LogP contribution in [0.25, 0.3) is 0 Å². The van der Waals surface area contributed by atoms with Gasteiger partial charge in [0.15, 0.2) is 0 Å². The predicted octanol–water partition coefficient (Wildman–Crippen LogP) is 6.04. The molecule has 0 spiro atoms. The fraction of sp³-hybridized carbons (Fsp3) is 0.355. The van der Waals surface area contributed by atoms with E-state index in [1.165, 1.54) is 7.11 Å². The molecular weight excluding hydrogens is 466 g/mol. The number of hydrogen-bond donors (Lipinski definition) is 1. The highest BCUT2D eigenvalue weighted by Crippen LogP contribution is 2.33. The van der Waals surface area contributed by atoms with E-state index in [2.05, 4.69) is 5.32 Å². The summed E-state index contributed by atoms with van der Waals surface area (Å²) in [6, 6.07) is 25.0. The van der Waals surface area contributed by atoms with Crippen LogP contribution in [0.15, 0.2) is 78.9 Å². The second kappa shape index (κ2) is 14.1. The zero-order valence-electron chi connectivity index (χ0n) is 22.1. The molecule has 3 aromatic carbocycles. The molecule has 0 saturated carbocycles. The summed E-state index contributed by atoms with van der Waals surface area (Å²) in [5.74, 6) is 0.814. The Labute approximate surface area is 220 Å². The Balaban J connectivity index is 1.74. The third-order valence-electron chi connectivity index (χ3n) is 6.02. The molecule has 6 heteroatoms. The molecule has 2 unspecified atom stereocenters. The van der Waals surface area contributed by atoms with Gasteiger partial charge in [-0.05, 0) is 41.0 Å². The Morgan fingerprint density at radius 3 is 1.97 bits per heavy atom. The van der Waals surface area contributed by atoms with Crippen LogP contribution in [0.3, 0.4) is 0 Å². The minimum atomic E-state index is -0.660. The summed E-state index contributed by atoms with van der Waals surface area (Å²) < 4.78 is 17.1. The highest BCUT2D eigenvalue weighted by molar-refractivity contribution is 5.84. The minimum absolute atomic E-state index is 0.147. The van der Waals surface area contributed by atoms with Crippen molar-refractivity contribution in [3.8, 4) is 11.5 Å². The van der Waals surface area contributed by atoms with E-state index in [1.807, 2.05) is 99.6 Å². The highest BCUT2D eigenvalue weighted by atomic mass is 16.5. The van der Waals surface area contributed by atoms with Crippen LogP contribution in [0.5, 0.6) is 11.5 Å². The van der Waals surface area contributed by atoms with Crippen molar-refractivity contribution in [1.82, 2.24) is 5.32 Å². The Hall–Kier alpha value is -3.80. The molecule has 0 saturated heterocycles. The van der Waals surface area contributed by atoms with Crippen LogP contribution in [-0.2, 0) is 27.5 Å². The van der Waals surface area contributed by atoms with Gasteiger partial charge in [0.2, 0.25) is 5.91 Å². The number of amides is 1. The summed E-state index contributed by atoms with van der Waals surface area (Å²) >= 11 is 0. The number of rotatable bonds is 13. The molecule has 0 aliphatic carbocycles. The number of carbonyl (C=O) groups excluding carboxylic acids is 2. The molecule has 0 aliphatic heterocycles. The monoisotopic (exact) mass is 503 g/mol. The molecule has 2 atom stereocenters. The Bertz CT molecular complexity index is 1130. The van der Waals surface area contributed by atoms with Crippen LogP contribution >= 0.6 is 0 Å². The van der Waals surface area contributed by atoms with Gasteiger partial charge in [-0.2, -0.15) is 0 Å². The average molecular weight is 504 g/mol. The first kappa shape index (κ1) is 27.8. The second-order valence-corrected chi connectivity index (χ2v) is 9.63. The fourth-order valence-electron chi connectivity index (χ4n) is 4.08. The lowest BCUT2D eigenvalue weighted by Gasteiger charge is -2.21. The molecule has 1 amide bonds. The molecule has 3 aromatic rings. The van der Waals surface area contributed by atoms with Crippen LogP contribution in [-0.4, -0.2) is 25.0 Å². The number of benzene rings is 3. The lowest BCUT2D eigenvalue weighted by molar-refractivity contribution is -0.145. The molecule has 196 valence electrons. The molecule has 0 aliphatic rings. The number of methoxy groups -OCH3 is 1. The first-order chi connectivity index (χ1) is 17.9. The van der Waals surface area contributed by atoms with Gasteiger partial charge in [0.05, 0.1) is 7.11 Å². The van der Waals surface area contributed by atoms with Crippen LogP contribution in [0, 0.1) is 5.92 Å². The quantitative estimate of drug-likeness (QED) is 0.288. The van der Waals surface area contributed by atoms with Crippen molar-refractivity contribution >= 4 is 11.9 Å². The maximum Gasteiger partial charge on any atom is 0.328 e. The van der Waals surface area contributed by atoms with Gasteiger partial charge in [-0.25, -0.2) is 4.79 Å². The minimum Gasteiger partial charge on any atom is -0.489 e. The number of hydrogen-bond acceptors (Lipinski definition) is 5. The first-order valence-electron chi connectivity index (χ1n) is 12.7. The van der Waals surface area contributed by atoms with Crippen molar-refractivity contribution in [3.05, 3.63) is 95.6 Å². The van der Waals surface area contributed by atoms with Gasteiger partial charge in [0.25, 0.3) is 0 Å². The zero-order valence-corrected chi connectivity index (χ0v) is 22.1. The predicted molar refractivity (Wildman–Crippen MR) is 144 cm³/mol. The maximum atomic E-state index is 12.9. The summed E-state index contributed by atoms with van der Waals surface area (Å²) in [5, 5.41) is 2.85. The van der Waals surface area contributed by atoms with Crippen molar-refractivity contribution in [2.24, 2.45) is 5.92 Å².